The standard InChI is InChI=1S/C17H15ClN2O2/c1-12(14-3-2-4-15(18)9-14)20-17(21)11-22-16-7-5-13(10-19)6-8-16/h2-9,12H,11H2,1H3,(H,20,21)/t12-/m1/s1. The van der Waals surface area contributed by atoms with Crippen molar-refractivity contribution in [3.63, 3.8) is 0 Å². The number of carbonyl (C=O) groups excluding carboxylic acids is 1. The molecule has 2 aromatic carbocycles. The Morgan fingerprint density at radius 1 is 1.32 bits per heavy atom. The highest BCUT2D eigenvalue weighted by molar-refractivity contribution is 6.30. The molecule has 1 N–H and O–H groups in total. The number of halogens is 1. The maximum Gasteiger partial charge on any atom is 0.258 e. The van der Waals surface area contributed by atoms with E-state index in [0.717, 1.165) is 5.56 Å². The summed E-state index contributed by atoms with van der Waals surface area (Å²) in [6.45, 7) is 1.79. The molecule has 0 fully saturated rings. The van der Waals surface area contributed by atoms with Crippen LogP contribution in [0.15, 0.2) is 48.5 Å². The Morgan fingerprint density at radius 2 is 2.05 bits per heavy atom. The van der Waals surface area contributed by atoms with Gasteiger partial charge < -0.3 is 10.1 Å². The molecule has 0 heterocycles. The molecule has 5 heteroatoms. The summed E-state index contributed by atoms with van der Waals surface area (Å²) >= 11 is 5.93. The Hall–Kier alpha value is -2.51. The average Bonchev–Trinajstić information content (AvgIpc) is 2.53. The first-order valence-electron chi connectivity index (χ1n) is 6.76. The smallest absolute Gasteiger partial charge is 0.258 e. The number of nitriles is 1. The van der Waals surface area contributed by atoms with Gasteiger partial charge in [-0.2, -0.15) is 5.26 Å². The second-order valence-corrected chi connectivity index (χ2v) is 5.21. The van der Waals surface area contributed by atoms with Crippen LogP contribution in [0, 0.1) is 11.3 Å². The third-order valence-corrected chi connectivity index (χ3v) is 3.31. The van der Waals surface area contributed by atoms with Crippen molar-refractivity contribution in [2.75, 3.05) is 6.61 Å². The minimum absolute atomic E-state index is 0.0865. The summed E-state index contributed by atoms with van der Waals surface area (Å²) < 4.78 is 5.38. The molecule has 0 saturated heterocycles. The summed E-state index contributed by atoms with van der Waals surface area (Å²) in [7, 11) is 0. The molecule has 0 bridgehead atoms. The molecule has 0 saturated carbocycles. The molecule has 0 radical (unpaired) electrons. The van der Waals surface area contributed by atoms with Gasteiger partial charge in [0.2, 0.25) is 0 Å². The Bertz CT molecular complexity index is 693. The number of hydrogen-bond acceptors (Lipinski definition) is 3. The fourth-order valence-electron chi connectivity index (χ4n) is 1.92. The molecule has 1 amide bonds. The second kappa shape index (κ2) is 7.48. The topological polar surface area (TPSA) is 62.1 Å². The number of nitrogens with one attached hydrogen (secondary N) is 1. The lowest BCUT2D eigenvalue weighted by atomic mass is 10.1. The molecule has 2 aromatic rings. The number of amides is 1. The van der Waals surface area contributed by atoms with Crippen LogP contribution in [0.5, 0.6) is 5.75 Å². The summed E-state index contributed by atoms with van der Waals surface area (Å²) in [5, 5.41) is 12.2. The van der Waals surface area contributed by atoms with E-state index in [4.69, 9.17) is 21.6 Å². The quantitative estimate of drug-likeness (QED) is 0.919. The first-order valence-corrected chi connectivity index (χ1v) is 7.14. The predicted octanol–water partition coefficient (Wildman–Crippen LogP) is 3.47. The number of benzene rings is 2. The van der Waals surface area contributed by atoms with Gasteiger partial charge in [-0.15, -0.1) is 0 Å². The van der Waals surface area contributed by atoms with Gasteiger partial charge in [-0.25, -0.2) is 0 Å². The molecular formula is C17H15ClN2O2. The Kier molecular flexibility index (Phi) is 5.40. The fraction of sp³-hybridized carbons (Fsp3) is 0.176. The zero-order valence-corrected chi connectivity index (χ0v) is 12.8. The van der Waals surface area contributed by atoms with E-state index in [9.17, 15) is 4.79 Å². The minimum atomic E-state index is -0.225. The molecule has 0 aliphatic carbocycles. The van der Waals surface area contributed by atoms with Gasteiger partial charge in [0, 0.05) is 5.02 Å². The van der Waals surface area contributed by atoms with Crippen LogP contribution in [-0.2, 0) is 4.79 Å². The summed E-state index contributed by atoms with van der Waals surface area (Å²) in [4.78, 5) is 11.9. The van der Waals surface area contributed by atoms with Crippen LogP contribution in [-0.4, -0.2) is 12.5 Å². The summed E-state index contributed by atoms with van der Waals surface area (Å²) in [6.07, 6.45) is 0. The maximum absolute atomic E-state index is 11.9. The lowest BCUT2D eigenvalue weighted by Crippen LogP contribution is -2.31. The van der Waals surface area contributed by atoms with Crippen molar-refractivity contribution in [3.05, 3.63) is 64.7 Å². The van der Waals surface area contributed by atoms with Crippen molar-refractivity contribution in [2.24, 2.45) is 0 Å². The monoisotopic (exact) mass is 314 g/mol. The van der Waals surface area contributed by atoms with E-state index >= 15 is 0 Å². The highest BCUT2D eigenvalue weighted by atomic mass is 35.5. The summed E-state index contributed by atoms with van der Waals surface area (Å²) in [6, 6.07) is 15.8. The number of carbonyl (C=O) groups is 1. The molecule has 112 valence electrons. The zero-order valence-electron chi connectivity index (χ0n) is 12.0. The number of hydrogen-bond donors (Lipinski definition) is 1. The molecule has 0 aliphatic rings. The van der Waals surface area contributed by atoms with E-state index < -0.39 is 0 Å². The van der Waals surface area contributed by atoms with Crippen molar-refractivity contribution in [1.82, 2.24) is 5.32 Å². The number of rotatable bonds is 5. The third-order valence-electron chi connectivity index (χ3n) is 3.08. The molecule has 4 nitrogen and oxygen atoms in total. The van der Waals surface area contributed by atoms with Crippen LogP contribution in [0.1, 0.15) is 24.1 Å². The van der Waals surface area contributed by atoms with Gasteiger partial charge in [0.25, 0.3) is 5.91 Å². The van der Waals surface area contributed by atoms with Crippen molar-refractivity contribution in [3.8, 4) is 11.8 Å². The van der Waals surface area contributed by atoms with Gasteiger partial charge in [0.1, 0.15) is 5.75 Å². The highest BCUT2D eigenvalue weighted by Gasteiger charge is 2.10. The molecule has 1 atom stereocenters. The van der Waals surface area contributed by atoms with Crippen LogP contribution in [0.4, 0.5) is 0 Å². The molecule has 2 rings (SSSR count). The summed E-state index contributed by atoms with van der Waals surface area (Å²) in [5.41, 5.74) is 1.48. The Balaban J connectivity index is 1.86. The van der Waals surface area contributed by atoms with Gasteiger partial charge in [-0.3, -0.25) is 4.79 Å². The van der Waals surface area contributed by atoms with Crippen LogP contribution in [0.25, 0.3) is 0 Å². The van der Waals surface area contributed by atoms with E-state index in [2.05, 4.69) is 5.32 Å². The molecule has 0 aliphatic heterocycles. The van der Waals surface area contributed by atoms with E-state index in [1.165, 1.54) is 0 Å². The van der Waals surface area contributed by atoms with E-state index in [-0.39, 0.29) is 18.6 Å². The number of nitrogens with zero attached hydrogens (tertiary/aromatic N) is 1. The van der Waals surface area contributed by atoms with E-state index in [1.54, 1.807) is 30.3 Å². The molecule has 22 heavy (non-hydrogen) atoms. The lowest BCUT2D eigenvalue weighted by Gasteiger charge is -2.15. The largest absolute Gasteiger partial charge is 0.484 e. The predicted molar refractivity (Wildman–Crippen MR) is 84.7 cm³/mol. The SMILES string of the molecule is C[C@@H](NC(=O)COc1ccc(C#N)cc1)c1cccc(Cl)c1. The number of ether oxygens (including phenoxy) is 1. The first kappa shape index (κ1) is 15.9. The van der Waals surface area contributed by atoms with E-state index in [0.29, 0.717) is 16.3 Å². The lowest BCUT2D eigenvalue weighted by molar-refractivity contribution is -0.123. The fourth-order valence-corrected chi connectivity index (χ4v) is 2.12. The van der Waals surface area contributed by atoms with Crippen molar-refractivity contribution in [1.29, 1.82) is 5.26 Å². The van der Waals surface area contributed by atoms with Crippen molar-refractivity contribution >= 4 is 17.5 Å². The zero-order chi connectivity index (χ0) is 15.9. The van der Waals surface area contributed by atoms with E-state index in [1.807, 2.05) is 31.2 Å². The second-order valence-electron chi connectivity index (χ2n) is 4.77. The van der Waals surface area contributed by atoms with Gasteiger partial charge in [-0.1, -0.05) is 23.7 Å². The van der Waals surface area contributed by atoms with Crippen LogP contribution >= 0.6 is 11.6 Å². The minimum Gasteiger partial charge on any atom is -0.484 e. The third kappa shape index (κ3) is 4.51. The normalized spacial score (nSPS) is 11.3. The van der Waals surface area contributed by atoms with Crippen LogP contribution in [0.2, 0.25) is 5.02 Å². The molecule has 0 unspecified atom stereocenters. The van der Waals surface area contributed by atoms with Gasteiger partial charge in [-0.05, 0) is 48.9 Å². The van der Waals surface area contributed by atoms with Crippen molar-refractivity contribution < 1.29 is 9.53 Å². The van der Waals surface area contributed by atoms with Crippen LogP contribution < -0.4 is 10.1 Å². The van der Waals surface area contributed by atoms with Crippen LogP contribution in [0.3, 0.4) is 0 Å². The average molecular weight is 315 g/mol. The first-order chi connectivity index (χ1) is 10.6. The maximum atomic E-state index is 11.9. The molecule has 0 spiro atoms. The van der Waals surface area contributed by atoms with Gasteiger partial charge in [0.05, 0.1) is 17.7 Å². The summed E-state index contributed by atoms with van der Waals surface area (Å²) in [5.74, 6) is 0.321. The highest BCUT2D eigenvalue weighted by Crippen LogP contribution is 2.17. The van der Waals surface area contributed by atoms with Gasteiger partial charge in [0.15, 0.2) is 6.61 Å². The van der Waals surface area contributed by atoms with Crippen molar-refractivity contribution in [2.45, 2.75) is 13.0 Å². The van der Waals surface area contributed by atoms with Gasteiger partial charge >= 0.3 is 0 Å². The Labute approximate surface area is 134 Å². The Morgan fingerprint density at radius 3 is 2.68 bits per heavy atom. The molecular weight excluding hydrogens is 300 g/mol. The molecule has 0 aromatic heterocycles.